The molecule has 0 bridgehead atoms. The van der Waals surface area contributed by atoms with Crippen LogP contribution in [0.4, 0.5) is 0 Å². The van der Waals surface area contributed by atoms with Gasteiger partial charge in [-0.2, -0.15) is 0 Å². The second-order valence-corrected chi connectivity index (χ2v) is 14.5. The monoisotopic (exact) mass is 725 g/mol. The first kappa shape index (κ1) is 48.0. The molecular weight excluding hydrogens is 651 g/mol. The quantitative estimate of drug-likeness (QED) is 0.0284. The van der Waals surface area contributed by atoms with Crippen LogP contribution in [0.15, 0.2) is 48.6 Å². The molecule has 0 aliphatic carbocycles. The molecular formula is C41H73O8P. The van der Waals surface area contributed by atoms with E-state index in [1.165, 1.54) is 64.2 Å². The Morgan fingerprint density at radius 3 is 1.46 bits per heavy atom. The maximum Gasteiger partial charge on any atom is 0.469 e. The minimum Gasteiger partial charge on any atom is -0.462 e. The summed E-state index contributed by atoms with van der Waals surface area (Å²) in [7, 11) is -4.76. The van der Waals surface area contributed by atoms with Gasteiger partial charge in [-0.15, -0.1) is 0 Å². The van der Waals surface area contributed by atoms with E-state index in [1.807, 2.05) is 0 Å². The average Bonchev–Trinajstić information content (AvgIpc) is 3.08. The predicted octanol–water partition coefficient (Wildman–Crippen LogP) is 12.0. The van der Waals surface area contributed by atoms with Crippen LogP contribution in [0.3, 0.4) is 0 Å². The van der Waals surface area contributed by atoms with Crippen LogP contribution in [-0.2, 0) is 28.2 Å². The molecule has 0 aliphatic heterocycles. The van der Waals surface area contributed by atoms with Gasteiger partial charge in [0.1, 0.15) is 6.61 Å². The van der Waals surface area contributed by atoms with Gasteiger partial charge >= 0.3 is 19.8 Å². The Morgan fingerprint density at radius 1 is 0.540 bits per heavy atom. The van der Waals surface area contributed by atoms with Crippen LogP contribution in [0.5, 0.6) is 0 Å². The molecule has 0 saturated carbocycles. The van der Waals surface area contributed by atoms with E-state index in [4.69, 9.17) is 19.3 Å². The number of allylic oxidation sites excluding steroid dienone is 8. The summed E-state index contributed by atoms with van der Waals surface area (Å²) in [4.78, 5) is 42.8. The Morgan fingerprint density at radius 2 is 0.960 bits per heavy atom. The highest BCUT2D eigenvalue weighted by Gasteiger charge is 2.22. The van der Waals surface area contributed by atoms with Gasteiger partial charge in [0.15, 0.2) is 6.10 Å². The zero-order valence-electron chi connectivity index (χ0n) is 31.8. The number of carbonyl (C=O) groups is 2. The smallest absolute Gasteiger partial charge is 0.462 e. The Labute approximate surface area is 305 Å². The zero-order chi connectivity index (χ0) is 36.8. The number of phosphoric ester groups is 1. The van der Waals surface area contributed by atoms with Crippen molar-refractivity contribution in [1.29, 1.82) is 0 Å². The van der Waals surface area contributed by atoms with E-state index in [0.29, 0.717) is 12.8 Å². The number of phosphoric acid groups is 1. The largest absolute Gasteiger partial charge is 0.469 e. The summed E-state index contributed by atoms with van der Waals surface area (Å²) in [5.41, 5.74) is 0. The summed E-state index contributed by atoms with van der Waals surface area (Å²) in [5.74, 6) is -0.910. The molecule has 0 heterocycles. The number of rotatable bonds is 36. The van der Waals surface area contributed by atoms with Crippen LogP contribution in [0.1, 0.15) is 181 Å². The highest BCUT2D eigenvalue weighted by atomic mass is 31.2. The highest BCUT2D eigenvalue weighted by Crippen LogP contribution is 2.36. The first-order valence-corrected chi connectivity index (χ1v) is 21.5. The Bertz CT molecular complexity index is 952. The summed E-state index contributed by atoms with van der Waals surface area (Å²) in [6.07, 6.45) is 44.0. The van der Waals surface area contributed by atoms with Gasteiger partial charge in [0, 0.05) is 12.8 Å². The van der Waals surface area contributed by atoms with Crippen molar-refractivity contribution in [3.63, 3.8) is 0 Å². The first-order chi connectivity index (χ1) is 24.3. The lowest BCUT2D eigenvalue weighted by Crippen LogP contribution is -2.29. The molecule has 290 valence electrons. The van der Waals surface area contributed by atoms with Crippen molar-refractivity contribution < 1.29 is 37.9 Å². The molecule has 9 heteroatoms. The van der Waals surface area contributed by atoms with Crippen molar-refractivity contribution >= 4 is 19.8 Å². The molecule has 0 fully saturated rings. The molecule has 0 saturated heterocycles. The van der Waals surface area contributed by atoms with Crippen LogP contribution in [0.25, 0.3) is 0 Å². The third-order valence-electron chi connectivity index (χ3n) is 8.33. The number of hydrogen-bond donors (Lipinski definition) is 2. The summed E-state index contributed by atoms with van der Waals surface area (Å²) < 4.78 is 26.3. The van der Waals surface area contributed by atoms with E-state index < -0.39 is 32.5 Å². The molecule has 1 atom stereocenters. The summed E-state index contributed by atoms with van der Waals surface area (Å²) in [5, 5.41) is 0. The lowest BCUT2D eigenvalue weighted by Gasteiger charge is -2.18. The maximum atomic E-state index is 12.4. The molecule has 0 aromatic carbocycles. The lowest BCUT2D eigenvalue weighted by molar-refractivity contribution is -0.161. The second kappa shape index (κ2) is 36.8. The number of ether oxygens (including phenoxy) is 2. The van der Waals surface area contributed by atoms with Gasteiger partial charge in [0.05, 0.1) is 6.61 Å². The fourth-order valence-electron chi connectivity index (χ4n) is 5.38. The van der Waals surface area contributed by atoms with Crippen molar-refractivity contribution in [2.45, 2.75) is 187 Å². The van der Waals surface area contributed by atoms with E-state index in [9.17, 15) is 14.2 Å². The number of carbonyl (C=O) groups excluding carboxylic acids is 2. The van der Waals surface area contributed by atoms with E-state index in [0.717, 1.165) is 77.0 Å². The van der Waals surface area contributed by atoms with E-state index >= 15 is 0 Å². The molecule has 0 amide bonds. The van der Waals surface area contributed by atoms with Crippen LogP contribution in [0.2, 0.25) is 0 Å². The third-order valence-corrected chi connectivity index (χ3v) is 8.82. The van der Waals surface area contributed by atoms with Crippen LogP contribution < -0.4 is 0 Å². The molecule has 50 heavy (non-hydrogen) atoms. The standard InChI is InChI=1S/C41H73O8P/c1-3-5-7-9-11-13-15-17-19-20-22-23-25-27-29-31-33-35-40(42)47-37-39(38-48-50(44,45)46)49-41(43)36-34-32-30-28-26-24-21-18-16-14-12-10-8-6-4-2/h6,8,12,14,17-19,21,39H,3-5,7,9-11,13,15-16,20,22-38H2,1-2H3,(H2,44,45,46)/b8-6+,14-12+,19-17+,21-18+/t39-/m1/s1. The van der Waals surface area contributed by atoms with Crippen molar-refractivity contribution in [1.82, 2.24) is 0 Å². The maximum absolute atomic E-state index is 12.4. The van der Waals surface area contributed by atoms with E-state index in [1.54, 1.807) is 0 Å². The fourth-order valence-corrected chi connectivity index (χ4v) is 5.74. The van der Waals surface area contributed by atoms with Gasteiger partial charge in [0.25, 0.3) is 0 Å². The van der Waals surface area contributed by atoms with Gasteiger partial charge in [-0.25, -0.2) is 4.57 Å². The van der Waals surface area contributed by atoms with Crippen molar-refractivity contribution in [2.75, 3.05) is 13.2 Å². The average molecular weight is 725 g/mol. The molecule has 0 aliphatic rings. The molecule has 0 rings (SSSR count). The molecule has 8 nitrogen and oxygen atoms in total. The van der Waals surface area contributed by atoms with Gasteiger partial charge in [0.2, 0.25) is 0 Å². The molecule has 0 aromatic rings. The van der Waals surface area contributed by atoms with Gasteiger partial charge < -0.3 is 19.3 Å². The third kappa shape index (κ3) is 38.8. The number of esters is 2. The number of hydrogen-bond acceptors (Lipinski definition) is 6. The van der Waals surface area contributed by atoms with Crippen molar-refractivity contribution in [3.05, 3.63) is 48.6 Å². The van der Waals surface area contributed by atoms with Crippen LogP contribution in [-0.4, -0.2) is 41.0 Å². The zero-order valence-corrected chi connectivity index (χ0v) is 32.7. The molecule has 0 aromatic heterocycles. The SMILES string of the molecule is CC/C=C/C/C=C/C/C=C/CCCCCCCC(=O)O[C@H](COC(=O)CCCCCCCCC/C=C/CCCCCCCC)COP(=O)(O)O. The van der Waals surface area contributed by atoms with Crippen LogP contribution in [0, 0.1) is 0 Å². The minimum atomic E-state index is -4.76. The Hall–Kier alpha value is -1.99. The van der Waals surface area contributed by atoms with Gasteiger partial charge in [-0.05, 0) is 70.6 Å². The van der Waals surface area contributed by atoms with E-state index in [-0.39, 0.29) is 19.4 Å². The lowest BCUT2D eigenvalue weighted by atomic mass is 10.1. The molecule has 0 spiro atoms. The highest BCUT2D eigenvalue weighted by molar-refractivity contribution is 7.46. The summed E-state index contributed by atoms with van der Waals surface area (Å²) in [6, 6.07) is 0. The molecule has 0 unspecified atom stereocenters. The normalized spacial score (nSPS) is 13.0. The first-order valence-electron chi connectivity index (χ1n) is 19.9. The van der Waals surface area contributed by atoms with Crippen LogP contribution >= 0.6 is 7.82 Å². The Balaban J connectivity index is 3.97. The number of unbranched alkanes of at least 4 members (excludes halogenated alkanes) is 18. The predicted molar refractivity (Wildman–Crippen MR) is 207 cm³/mol. The topological polar surface area (TPSA) is 119 Å². The summed E-state index contributed by atoms with van der Waals surface area (Å²) >= 11 is 0. The van der Waals surface area contributed by atoms with Gasteiger partial charge in [-0.3, -0.25) is 14.1 Å². The van der Waals surface area contributed by atoms with Gasteiger partial charge in [-0.1, -0.05) is 146 Å². The molecule has 0 radical (unpaired) electrons. The van der Waals surface area contributed by atoms with E-state index in [2.05, 4.69) is 67.0 Å². The molecule has 2 N–H and O–H groups in total. The second-order valence-electron chi connectivity index (χ2n) is 13.2. The fraction of sp³-hybridized carbons (Fsp3) is 0.756. The van der Waals surface area contributed by atoms with Crippen molar-refractivity contribution in [3.8, 4) is 0 Å². The van der Waals surface area contributed by atoms with Crippen molar-refractivity contribution in [2.24, 2.45) is 0 Å². The summed E-state index contributed by atoms with van der Waals surface area (Å²) in [6.45, 7) is 3.55. The Kier molecular flexibility index (Phi) is 35.3. The minimum absolute atomic E-state index is 0.190.